The van der Waals surface area contributed by atoms with Gasteiger partial charge in [0.15, 0.2) is 0 Å². The highest BCUT2D eigenvalue weighted by molar-refractivity contribution is 6.18. The minimum atomic E-state index is 0.888. The van der Waals surface area contributed by atoms with Crippen molar-refractivity contribution < 1.29 is 4.42 Å². The van der Waals surface area contributed by atoms with E-state index in [0.29, 0.717) is 0 Å². The summed E-state index contributed by atoms with van der Waals surface area (Å²) in [5.74, 6) is 0. The molecule has 10 aromatic rings. The van der Waals surface area contributed by atoms with E-state index in [1.807, 2.05) is 0 Å². The van der Waals surface area contributed by atoms with Crippen LogP contribution in [-0.2, 0) is 0 Å². The Kier molecular flexibility index (Phi) is 5.91. The number of furan rings is 1. The number of anilines is 3. The van der Waals surface area contributed by atoms with Gasteiger partial charge in [0.25, 0.3) is 0 Å². The van der Waals surface area contributed by atoms with Crippen LogP contribution in [0.2, 0.25) is 0 Å². The number of hydrogen-bond acceptors (Lipinski definition) is 2. The van der Waals surface area contributed by atoms with Crippen molar-refractivity contribution in [3.05, 3.63) is 176 Å². The Morgan fingerprint density at radius 2 is 0.896 bits per heavy atom. The SMILES string of the molecule is c1ccc(-c2cccc(N(c3ccc4c(ccc5c6ccccc6ccc45)c3)c3ccc4oc5cc6ccccc6cc5c4c3)c2)cc1. The van der Waals surface area contributed by atoms with Gasteiger partial charge in [-0.25, -0.2) is 0 Å². The molecule has 0 aliphatic heterocycles. The van der Waals surface area contributed by atoms with Crippen LogP contribution >= 0.6 is 0 Å². The van der Waals surface area contributed by atoms with Gasteiger partial charge in [-0.3, -0.25) is 0 Å². The van der Waals surface area contributed by atoms with Gasteiger partial charge in [-0.2, -0.15) is 0 Å². The number of nitrogens with zero attached hydrogens (tertiary/aromatic N) is 1. The molecule has 1 aromatic heterocycles. The normalized spacial score (nSPS) is 11.8. The van der Waals surface area contributed by atoms with Crippen molar-refractivity contribution >= 4 is 82.1 Å². The second kappa shape index (κ2) is 10.6. The van der Waals surface area contributed by atoms with Crippen LogP contribution in [0.25, 0.3) is 76.2 Å². The molecule has 0 atom stereocenters. The first kappa shape index (κ1) is 26.8. The molecule has 48 heavy (non-hydrogen) atoms. The van der Waals surface area contributed by atoms with Crippen LogP contribution in [-0.4, -0.2) is 0 Å². The van der Waals surface area contributed by atoms with E-state index >= 15 is 0 Å². The predicted octanol–water partition coefficient (Wildman–Crippen LogP) is 13.3. The highest BCUT2D eigenvalue weighted by atomic mass is 16.3. The van der Waals surface area contributed by atoms with E-state index in [1.165, 1.54) is 54.2 Å². The van der Waals surface area contributed by atoms with Gasteiger partial charge in [0.2, 0.25) is 0 Å². The smallest absolute Gasteiger partial charge is 0.136 e. The zero-order valence-corrected chi connectivity index (χ0v) is 26.1. The second-order valence-electron chi connectivity index (χ2n) is 12.6. The van der Waals surface area contributed by atoms with Gasteiger partial charge in [0.1, 0.15) is 11.2 Å². The quantitative estimate of drug-likeness (QED) is 0.184. The summed E-state index contributed by atoms with van der Waals surface area (Å²) in [6.07, 6.45) is 0. The first-order valence-electron chi connectivity index (χ1n) is 16.4. The summed E-state index contributed by atoms with van der Waals surface area (Å²) in [5, 5.41) is 12.2. The Labute approximate surface area is 277 Å². The minimum Gasteiger partial charge on any atom is -0.456 e. The zero-order chi connectivity index (χ0) is 31.6. The Balaban J connectivity index is 1.19. The Bertz CT molecular complexity index is 2850. The molecule has 0 aliphatic carbocycles. The lowest BCUT2D eigenvalue weighted by Gasteiger charge is -2.26. The fraction of sp³-hybridized carbons (Fsp3) is 0. The van der Waals surface area contributed by atoms with Crippen molar-refractivity contribution in [3.8, 4) is 11.1 Å². The summed E-state index contributed by atoms with van der Waals surface area (Å²) < 4.78 is 6.39. The summed E-state index contributed by atoms with van der Waals surface area (Å²) >= 11 is 0. The molecule has 224 valence electrons. The lowest BCUT2D eigenvalue weighted by atomic mass is 9.96. The van der Waals surface area contributed by atoms with E-state index in [0.717, 1.165) is 39.0 Å². The lowest BCUT2D eigenvalue weighted by molar-refractivity contribution is 0.669. The zero-order valence-electron chi connectivity index (χ0n) is 26.1. The monoisotopic (exact) mass is 611 g/mol. The molecule has 0 spiro atoms. The Morgan fingerprint density at radius 3 is 1.75 bits per heavy atom. The molecule has 2 heteroatoms. The predicted molar refractivity (Wildman–Crippen MR) is 204 cm³/mol. The molecular weight excluding hydrogens is 583 g/mol. The third-order valence-corrected chi connectivity index (χ3v) is 9.77. The van der Waals surface area contributed by atoms with Gasteiger partial charge in [-0.1, -0.05) is 121 Å². The van der Waals surface area contributed by atoms with Crippen LogP contribution in [0, 0.1) is 0 Å². The highest BCUT2D eigenvalue weighted by Crippen LogP contribution is 2.42. The van der Waals surface area contributed by atoms with E-state index in [2.05, 4.69) is 181 Å². The van der Waals surface area contributed by atoms with Gasteiger partial charge < -0.3 is 9.32 Å². The average molecular weight is 612 g/mol. The molecule has 0 fully saturated rings. The van der Waals surface area contributed by atoms with Crippen molar-refractivity contribution in [2.45, 2.75) is 0 Å². The van der Waals surface area contributed by atoms with Crippen molar-refractivity contribution in [2.75, 3.05) is 4.90 Å². The van der Waals surface area contributed by atoms with E-state index in [-0.39, 0.29) is 0 Å². The van der Waals surface area contributed by atoms with Crippen LogP contribution < -0.4 is 4.90 Å². The molecule has 0 aliphatic rings. The van der Waals surface area contributed by atoms with Crippen LogP contribution in [0.3, 0.4) is 0 Å². The summed E-state index contributed by atoms with van der Waals surface area (Å²) in [5.41, 5.74) is 7.45. The molecule has 0 bridgehead atoms. The van der Waals surface area contributed by atoms with Crippen molar-refractivity contribution in [3.63, 3.8) is 0 Å². The molecule has 0 amide bonds. The van der Waals surface area contributed by atoms with Gasteiger partial charge in [-0.15, -0.1) is 0 Å². The molecule has 2 nitrogen and oxygen atoms in total. The largest absolute Gasteiger partial charge is 0.456 e. The third-order valence-electron chi connectivity index (χ3n) is 9.77. The number of hydrogen-bond donors (Lipinski definition) is 0. The van der Waals surface area contributed by atoms with Crippen molar-refractivity contribution in [1.29, 1.82) is 0 Å². The minimum absolute atomic E-state index is 0.888. The first-order chi connectivity index (χ1) is 23.8. The van der Waals surface area contributed by atoms with Crippen molar-refractivity contribution in [2.24, 2.45) is 0 Å². The fourth-order valence-electron chi connectivity index (χ4n) is 7.45. The summed E-state index contributed by atoms with van der Waals surface area (Å²) in [6.45, 7) is 0. The molecule has 0 saturated carbocycles. The number of benzene rings is 9. The van der Waals surface area contributed by atoms with E-state index < -0.39 is 0 Å². The summed E-state index contributed by atoms with van der Waals surface area (Å²) in [6, 6.07) is 63.4. The number of rotatable bonds is 4. The topological polar surface area (TPSA) is 16.4 Å². The molecule has 0 unspecified atom stereocenters. The van der Waals surface area contributed by atoms with Crippen LogP contribution in [0.5, 0.6) is 0 Å². The van der Waals surface area contributed by atoms with Gasteiger partial charge in [0, 0.05) is 27.8 Å². The molecular formula is C46H29NO. The van der Waals surface area contributed by atoms with Crippen molar-refractivity contribution in [1.82, 2.24) is 0 Å². The van der Waals surface area contributed by atoms with Crippen LogP contribution in [0.4, 0.5) is 17.1 Å². The second-order valence-corrected chi connectivity index (χ2v) is 12.6. The lowest BCUT2D eigenvalue weighted by Crippen LogP contribution is -2.10. The van der Waals surface area contributed by atoms with Gasteiger partial charge in [-0.05, 0) is 109 Å². The standard InChI is InChI=1S/C46H29NO/c1-2-9-30(10-3-1)32-14-8-15-36(25-32)47(38-20-24-45-44(29-38)43-27-33-12-4-5-13-34(33)28-46(43)48-45)37-19-23-40-35(26-37)18-22-41-39-16-7-6-11-31(39)17-21-42(40)41/h1-29H. The maximum atomic E-state index is 6.39. The Morgan fingerprint density at radius 1 is 0.292 bits per heavy atom. The molecule has 1 heterocycles. The third kappa shape index (κ3) is 4.27. The molecule has 10 rings (SSSR count). The van der Waals surface area contributed by atoms with Crippen LogP contribution in [0.15, 0.2) is 180 Å². The van der Waals surface area contributed by atoms with Gasteiger partial charge in [0.05, 0.1) is 0 Å². The molecule has 9 aromatic carbocycles. The Hall–Kier alpha value is -6.38. The van der Waals surface area contributed by atoms with E-state index in [4.69, 9.17) is 4.42 Å². The van der Waals surface area contributed by atoms with Crippen LogP contribution in [0.1, 0.15) is 0 Å². The maximum Gasteiger partial charge on any atom is 0.136 e. The first-order valence-corrected chi connectivity index (χ1v) is 16.4. The molecule has 0 radical (unpaired) electrons. The molecule has 0 N–H and O–H groups in total. The molecule has 0 saturated heterocycles. The van der Waals surface area contributed by atoms with E-state index in [9.17, 15) is 0 Å². The number of fused-ring (bicyclic) bond motifs is 9. The summed E-state index contributed by atoms with van der Waals surface area (Å²) in [4.78, 5) is 2.37. The average Bonchev–Trinajstić information content (AvgIpc) is 3.50. The fourth-order valence-corrected chi connectivity index (χ4v) is 7.45. The van der Waals surface area contributed by atoms with E-state index in [1.54, 1.807) is 0 Å². The van der Waals surface area contributed by atoms with Gasteiger partial charge >= 0.3 is 0 Å². The highest BCUT2D eigenvalue weighted by Gasteiger charge is 2.18. The maximum absolute atomic E-state index is 6.39. The summed E-state index contributed by atoms with van der Waals surface area (Å²) in [7, 11) is 0.